The number of nitrogens with one attached hydrogen (secondary N) is 1. The lowest BCUT2D eigenvalue weighted by Gasteiger charge is -2.01. The van der Waals surface area contributed by atoms with E-state index in [1.54, 1.807) is 12.1 Å². The molecule has 0 atom stereocenters. The van der Waals surface area contributed by atoms with Crippen molar-refractivity contribution in [2.24, 2.45) is 0 Å². The second-order valence-electron chi connectivity index (χ2n) is 2.75. The summed E-state index contributed by atoms with van der Waals surface area (Å²) in [4.78, 5) is 0. The zero-order valence-corrected chi connectivity index (χ0v) is 8.25. The molecule has 0 unspecified atom stereocenters. The Bertz CT molecular complexity index is 301. The van der Waals surface area contributed by atoms with E-state index in [1.165, 1.54) is 0 Å². The molecule has 4 nitrogen and oxygen atoms in total. The molecule has 1 rings (SSSR count). The van der Waals surface area contributed by atoms with Crippen molar-refractivity contribution in [2.45, 2.75) is 13.5 Å². The predicted molar refractivity (Wildman–Crippen MR) is 51.6 cm³/mol. The van der Waals surface area contributed by atoms with E-state index in [2.05, 4.69) is 5.32 Å². The van der Waals surface area contributed by atoms with E-state index < -0.39 is 0 Å². The van der Waals surface area contributed by atoms with Crippen molar-refractivity contribution in [1.82, 2.24) is 5.32 Å². The summed E-state index contributed by atoms with van der Waals surface area (Å²) in [6.45, 7) is 4.82. The van der Waals surface area contributed by atoms with Gasteiger partial charge in [0.15, 0.2) is 0 Å². The number of furan rings is 1. The quantitative estimate of drug-likeness (QED) is 0.693. The average molecular weight is 194 g/mol. The molecule has 0 spiro atoms. The molecular weight excluding hydrogens is 180 g/mol. The van der Waals surface area contributed by atoms with E-state index in [0.717, 1.165) is 18.9 Å². The molecule has 0 aliphatic rings. The Morgan fingerprint density at radius 2 is 2.43 bits per heavy atom. The first-order chi connectivity index (χ1) is 6.86. The number of hydrogen-bond donors (Lipinski definition) is 1. The van der Waals surface area contributed by atoms with Gasteiger partial charge in [0.2, 0.25) is 5.76 Å². The van der Waals surface area contributed by atoms with Crippen LogP contribution in [0.1, 0.15) is 18.4 Å². The van der Waals surface area contributed by atoms with Crippen LogP contribution in [0.2, 0.25) is 0 Å². The van der Waals surface area contributed by atoms with Crippen molar-refractivity contribution < 1.29 is 9.15 Å². The van der Waals surface area contributed by atoms with Crippen molar-refractivity contribution in [3.63, 3.8) is 0 Å². The molecule has 1 N–H and O–H groups in total. The van der Waals surface area contributed by atoms with Crippen LogP contribution >= 0.6 is 0 Å². The van der Waals surface area contributed by atoms with Crippen LogP contribution in [0.15, 0.2) is 16.5 Å². The fraction of sp³-hybridized carbons (Fsp3) is 0.500. The zero-order chi connectivity index (χ0) is 10.2. The zero-order valence-electron chi connectivity index (χ0n) is 8.25. The summed E-state index contributed by atoms with van der Waals surface area (Å²) in [5.41, 5.74) is 0. The van der Waals surface area contributed by atoms with Gasteiger partial charge in [0.05, 0.1) is 13.2 Å². The summed E-state index contributed by atoms with van der Waals surface area (Å²) >= 11 is 0. The highest BCUT2D eigenvalue weighted by molar-refractivity contribution is 5.18. The molecule has 0 aliphatic heterocycles. The molecule has 0 saturated carbocycles. The van der Waals surface area contributed by atoms with Crippen molar-refractivity contribution in [1.29, 1.82) is 5.26 Å². The standard InChI is InChI=1S/C10H14N2O2/c1-2-13-6-5-12-8-10-4-3-9(7-11)14-10/h3-4,12H,2,5-6,8H2,1H3. The van der Waals surface area contributed by atoms with Gasteiger partial charge in [-0.25, -0.2) is 0 Å². The molecule has 1 aromatic rings. The van der Waals surface area contributed by atoms with Crippen LogP contribution in [-0.2, 0) is 11.3 Å². The van der Waals surface area contributed by atoms with Crippen LogP contribution in [-0.4, -0.2) is 19.8 Å². The lowest BCUT2D eigenvalue weighted by Crippen LogP contribution is -2.18. The highest BCUT2D eigenvalue weighted by Crippen LogP contribution is 2.05. The topological polar surface area (TPSA) is 58.2 Å². The lowest BCUT2D eigenvalue weighted by atomic mass is 10.4. The van der Waals surface area contributed by atoms with Gasteiger partial charge in [-0.2, -0.15) is 5.26 Å². The van der Waals surface area contributed by atoms with E-state index in [0.29, 0.717) is 18.9 Å². The number of hydrogen-bond acceptors (Lipinski definition) is 4. The minimum atomic E-state index is 0.353. The molecule has 0 radical (unpaired) electrons. The van der Waals surface area contributed by atoms with Gasteiger partial charge in [0, 0.05) is 13.2 Å². The van der Waals surface area contributed by atoms with Crippen molar-refractivity contribution in [3.05, 3.63) is 23.7 Å². The van der Waals surface area contributed by atoms with Crippen molar-refractivity contribution in [2.75, 3.05) is 19.8 Å². The maximum absolute atomic E-state index is 8.51. The van der Waals surface area contributed by atoms with Crippen LogP contribution < -0.4 is 5.32 Å². The second-order valence-corrected chi connectivity index (χ2v) is 2.75. The molecule has 0 amide bonds. The average Bonchev–Trinajstić information content (AvgIpc) is 2.65. The fourth-order valence-corrected chi connectivity index (χ4v) is 1.03. The van der Waals surface area contributed by atoms with Gasteiger partial charge >= 0.3 is 0 Å². The molecule has 0 aliphatic carbocycles. The van der Waals surface area contributed by atoms with Gasteiger partial charge in [-0.1, -0.05) is 0 Å². The third-order valence-corrected chi connectivity index (χ3v) is 1.70. The van der Waals surface area contributed by atoms with Gasteiger partial charge in [-0.05, 0) is 19.1 Å². The molecular formula is C10H14N2O2. The Balaban J connectivity index is 2.16. The molecule has 1 heterocycles. The Morgan fingerprint density at radius 1 is 1.57 bits per heavy atom. The first-order valence-electron chi connectivity index (χ1n) is 4.64. The number of nitriles is 1. The van der Waals surface area contributed by atoms with E-state index in [-0.39, 0.29) is 0 Å². The lowest BCUT2D eigenvalue weighted by molar-refractivity contribution is 0.148. The van der Waals surface area contributed by atoms with Crippen LogP contribution in [0, 0.1) is 11.3 Å². The molecule has 0 aromatic carbocycles. The Labute approximate surface area is 83.5 Å². The SMILES string of the molecule is CCOCCNCc1ccc(C#N)o1. The van der Waals surface area contributed by atoms with Crippen LogP contribution in [0.5, 0.6) is 0 Å². The van der Waals surface area contributed by atoms with Crippen molar-refractivity contribution in [3.8, 4) is 6.07 Å². The van der Waals surface area contributed by atoms with Gasteiger partial charge in [-0.15, -0.1) is 0 Å². The normalized spacial score (nSPS) is 10.0. The van der Waals surface area contributed by atoms with Crippen LogP contribution in [0.25, 0.3) is 0 Å². The summed E-state index contributed by atoms with van der Waals surface area (Å²) in [6, 6.07) is 5.40. The number of rotatable bonds is 6. The highest BCUT2D eigenvalue weighted by Gasteiger charge is 1.99. The summed E-state index contributed by atoms with van der Waals surface area (Å²) in [5.74, 6) is 1.13. The molecule has 0 saturated heterocycles. The first kappa shape index (κ1) is 10.8. The molecule has 0 fully saturated rings. The highest BCUT2D eigenvalue weighted by atomic mass is 16.5. The third-order valence-electron chi connectivity index (χ3n) is 1.70. The Kier molecular flexibility index (Phi) is 4.76. The van der Waals surface area contributed by atoms with Crippen LogP contribution in [0.3, 0.4) is 0 Å². The van der Waals surface area contributed by atoms with Crippen LogP contribution in [0.4, 0.5) is 0 Å². The van der Waals surface area contributed by atoms with E-state index in [4.69, 9.17) is 14.4 Å². The van der Waals surface area contributed by atoms with Gasteiger partial charge in [0.1, 0.15) is 11.8 Å². The molecule has 1 aromatic heterocycles. The maximum atomic E-state index is 8.51. The smallest absolute Gasteiger partial charge is 0.203 e. The van der Waals surface area contributed by atoms with Gasteiger partial charge < -0.3 is 14.5 Å². The third kappa shape index (κ3) is 3.60. The molecule has 14 heavy (non-hydrogen) atoms. The van der Waals surface area contributed by atoms with E-state index >= 15 is 0 Å². The second kappa shape index (κ2) is 6.19. The number of nitrogens with zero attached hydrogens (tertiary/aromatic N) is 1. The first-order valence-corrected chi connectivity index (χ1v) is 4.64. The summed E-state index contributed by atoms with van der Waals surface area (Å²) < 4.78 is 10.3. The summed E-state index contributed by atoms with van der Waals surface area (Å²) in [6.07, 6.45) is 0. The summed E-state index contributed by atoms with van der Waals surface area (Å²) in [7, 11) is 0. The largest absolute Gasteiger partial charge is 0.449 e. The van der Waals surface area contributed by atoms with E-state index in [1.807, 2.05) is 13.0 Å². The molecule has 0 bridgehead atoms. The Hall–Kier alpha value is -1.31. The monoisotopic (exact) mass is 194 g/mol. The minimum absolute atomic E-state index is 0.353. The fourth-order valence-electron chi connectivity index (χ4n) is 1.03. The predicted octanol–water partition coefficient (Wildman–Crippen LogP) is 1.28. The van der Waals surface area contributed by atoms with E-state index in [9.17, 15) is 0 Å². The number of ether oxygens (including phenoxy) is 1. The van der Waals surface area contributed by atoms with Gasteiger partial charge in [0.25, 0.3) is 0 Å². The molecule has 76 valence electrons. The molecule has 4 heteroatoms. The summed E-state index contributed by atoms with van der Waals surface area (Å²) in [5, 5.41) is 11.7. The van der Waals surface area contributed by atoms with Gasteiger partial charge in [-0.3, -0.25) is 0 Å². The maximum Gasteiger partial charge on any atom is 0.203 e. The minimum Gasteiger partial charge on any atom is -0.449 e. The Morgan fingerprint density at radius 3 is 3.07 bits per heavy atom. The van der Waals surface area contributed by atoms with Crippen molar-refractivity contribution >= 4 is 0 Å².